The van der Waals surface area contributed by atoms with E-state index in [4.69, 9.17) is 23.1 Å². The number of esters is 2. The van der Waals surface area contributed by atoms with Crippen LogP contribution >= 0.6 is 11.8 Å². The maximum Gasteiger partial charge on any atom is 0.408 e. The Morgan fingerprint density at radius 1 is 0.936 bits per heavy atom. The third-order valence-electron chi connectivity index (χ3n) is 8.87. The number of benzene rings is 1. The summed E-state index contributed by atoms with van der Waals surface area (Å²) in [6.45, 7) is 27.7. The van der Waals surface area contributed by atoms with Crippen LogP contribution in [-0.2, 0) is 29.6 Å². The molecular formula is C33H56N2O9SSi2. The molecule has 47 heavy (non-hydrogen) atoms. The summed E-state index contributed by atoms with van der Waals surface area (Å²) in [5.41, 5.74) is 0.622. The molecule has 0 saturated heterocycles. The molecule has 0 saturated carbocycles. The molecule has 0 fully saturated rings. The number of fused-ring (bicyclic) bond motifs is 1. The monoisotopic (exact) mass is 712 g/mol. The van der Waals surface area contributed by atoms with Gasteiger partial charge in [0.25, 0.3) is 0 Å². The van der Waals surface area contributed by atoms with Crippen LogP contribution in [0, 0.1) is 6.92 Å². The Labute approximate surface area is 287 Å². The van der Waals surface area contributed by atoms with Crippen LogP contribution in [0.1, 0.15) is 83.8 Å². The topological polar surface area (TPSA) is 138 Å². The minimum Gasteiger partial charge on any atom is -0.543 e. The van der Waals surface area contributed by atoms with E-state index in [1.54, 1.807) is 20.8 Å². The van der Waals surface area contributed by atoms with E-state index in [0.29, 0.717) is 22.6 Å². The fourth-order valence-electron chi connectivity index (χ4n) is 3.99. The first-order valence-electron chi connectivity index (χ1n) is 15.9. The fourth-order valence-corrected chi connectivity index (χ4v) is 7.16. The second-order valence-corrected chi connectivity index (χ2v) is 26.5. The Balaban J connectivity index is 2.79. The van der Waals surface area contributed by atoms with Crippen molar-refractivity contribution in [1.82, 2.24) is 10.6 Å². The highest BCUT2D eigenvalue weighted by Gasteiger charge is 2.42. The van der Waals surface area contributed by atoms with Gasteiger partial charge >= 0.3 is 18.0 Å². The number of alkyl carbamates (subject to hydrolysis) is 1. The molecule has 11 nitrogen and oxygen atoms in total. The predicted molar refractivity (Wildman–Crippen MR) is 190 cm³/mol. The van der Waals surface area contributed by atoms with E-state index in [9.17, 15) is 19.2 Å². The first-order chi connectivity index (χ1) is 21.2. The lowest BCUT2D eigenvalue weighted by atomic mass is 10.0. The van der Waals surface area contributed by atoms with Crippen LogP contribution in [0.4, 0.5) is 4.79 Å². The SMILES string of the molecule is COC(=O)[C@@H]1CSCc2c(O[Si](C)(C)C(C)(C)C)cc(O[Si](C)(C)C(C)(C)C)c(C)c2C(=O)OC[C@H](NC(=O)OC(C)(C)C)C(=O)N1. The van der Waals surface area contributed by atoms with Crippen molar-refractivity contribution >= 4 is 52.3 Å². The van der Waals surface area contributed by atoms with Gasteiger partial charge in [-0.05, 0) is 64.0 Å². The second kappa shape index (κ2) is 14.8. The number of nitrogens with one attached hydrogen (secondary N) is 2. The number of hydrogen-bond donors (Lipinski definition) is 2. The summed E-state index contributed by atoms with van der Waals surface area (Å²) in [5.74, 6) is -0.600. The van der Waals surface area contributed by atoms with Gasteiger partial charge in [0.2, 0.25) is 22.5 Å². The molecule has 2 N–H and O–H groups in total. The van der Waals surface area contributed by atoms with Gasteiger partial charge in [0.1, 0.15) is 35.8 Å². The molecule has 2 rings (SSSR count). The lowest BCUT2D eigenvalue weighted by Crippen LogP contribution is -2.55. The van der Waals surface area contributed by atoms with Gasteiger partial charge in [-0.2, -0.15) is 11.8 Å². The van der Waals surface area contributed by atoms with Gasteiger partial charge in [-0.25, -0.2) is 14.4 Å². The molecule has 0 unspecified atom stereocenters. The van der Waals surface area contributed by atoms with Crippen molar-refractivity contribution in [2.24, 2.45) is 0 Å². The number of ether oxygens (including phenoxy) is 3. The molecule has 1 aromatic rings. The maximum absolute atomic E-state index is 14.1. The smallest absolute Gasteiger partial charge is 0.408 e. The van der Waals surface area contributed by atoms with Gasteiger partial charge < -0.3 is 33.7 Å². The van der Waals surface area contributed by atoms with E-state index in [0.717, 1.165) is 0 Å². The molecule has 0 aromatic heterocycles. The summed E-state index contributed by atoms with van der Waals surface area (Å²) in [4.78, 5) is 52.9. The average Bonchev–Trinajstić information content (AvgIpc) is 2.88. The Bertz CT molecular complexity index is 1350. The summed E-state index contributed by atoms with van der Waals surface area (Å²) >= 11 is 1.34. The van der Waals surface area contributed by atoms with Crippen LogP contribution in [0.15, 0.2) is 6.07 Å². The number of methoxy groups -OCH3 is 1. The molecule has 1 heterocycles. The Kier molecular flexibility index (Phi) is 12.7. The molecule has 2 atom stereocenters. The molecule has 0 spiro atoms. The average molecular weight is 713 g/mol. The predicted octanol–water partition coefficient (Wildman–Crippen LogP) is 6.72. The fraction of sp³-hybridized carbons (Fsp3) is 0.697. The standard InChI is InChI=1S/C33H56N2O9SSi2/c1-20-24(43-46(12,13)32(5,6)7)16-25(44-47(14,15)33(8,9)10)21-18-45-19-23(28(37)40-11)34-27(36)22(17-41-29(38)26(20)21)35-30(39)42-31(2,3)4/h16,22-23H,17-19H2,1-15H3,(H,34,36)(H,35,39)/t22-,23-/m0/s1. The van der Waals surface area contributed by atoms with Crippen molar-refractivity contribution in [3.63, 3.8) is 0 Å². The number of carbonyl (C=O) groups excluding carboxylic acids is 4. The molecule has 1 aliphatic heterocycles. The largest absolute Gasteiger partial charge is 0.543 e. The highest BCUT2D eigenvalue weighted by atomic mass is 32.2. The molecule has 1 aliphatic rings. The normalized spacial score (nSPS) is 18.8. The summed E-state index contributed by atoms with van der Waals surface area (Å²) in [6, 6.07) is -0.504. The van der Waals surface area contributed by atoms with Crippen molar-refractivity contribution in [3.8, 4) is 11.5 Å². The van der Waals surface area contributed by atoms with E-state index >= 15 is 0 Å². The molecule has 2 amide bonds. The number of amides is 2. The molecule has 266 valence electrons. The van der Waals surface area contributed by atoms with Crippen LogP contribution in [0.3, 0.4) is 0 Å². The number of hydrogen-bond acceptors (Lipinski definition) is 10. The third-order valence-corrected chi connectivity index (χ3v) is 18.6. The summed E-state index contributed by atoms with van der Waals surface area (Å²) in [6.07, 6.45) is -0.878. The van der Waals surface area contributed by atoms with Crippen molar-refractivity contribution < 1.29 is 42.2 Å². The highest BCUT2D eigenvalue weighted by Crippen LogP contribution is 2.45. The Morgan fingerprint density at radius 3 is 1.96 bits per heavy atom. The van der Waals surface area contributed by atoms with E-state index in [1.165, 1.54) is 18.9 Å². The number of rotatable bonds is 6. The van der Waals surface area contributed by atoms with Gasteiger partial charge in [-0.3, -0.25) is 4.79 Å². The summed E-state index contributed by atoms with van der Waals surface area (Å²) in [7, 11) is -3.56. The molecule has 1 aromatic carbocycles. The number of thioether (sulfide) groups is 1. The summed E-state index contributed by atoms with van der Waals surface area (Å²) in [5, 5.41) is 4.85. The first kappa shape index (κ1) is 40.5. The van der Waals surface area contributed by atoms with Gasteiger partial charge in [-0.1, -0.05) is 41.5 Å². The molecule has 0 radical (unpaired) electrons. The van der Waals surface area contributed by atoms with Crippen LogP contribution in [-0.4, -0.2) is 77.7 Å². The van der Waals surface area contributed by atoms with E-state index < -0.39 is 64.9 Å². The van der Waals surface area contributed by atoms with Gasteiger partial charge in [-0.15, -0.1) is 0 Å². The highest BCUT2D eigenvalue weighted by molar-refractivity contribution is 7.98. The minimum absolute atomic E-state index is 0.122. The van der Waals surface area contributed by atoms with E-state index in [-0.39, 0.29) is 27.1 Å². The van der Waals surface area contributed by atoms with Crippen LogP contribution < -0.4 is 19.5 Å². The molecular weight excluding hydrogens is 657 g/mol. The quantitative estimate of drug-likeness (QED) is 0.186. The maximum atomic E-state index is 14.1. The van der Waals surface area contributed by atoms with Crippen LogP contribution in [0.25, 0.3) is 0 Å². The zero-order valence-corrected chi connectivity index (χ0v) is 33.8. The Hall–Kier alpha value is -2.72. The van der Waals surface area contributed by atoms with Crippen molar-refractivity contribution in [2.45, 2.75) is 129 Å². The second-order valence-electron chi connectivity index (χ2n) is 16.0. The molecule has 0 bridgehead atoms. The lowest BCUT2D eigenvalue weighted by molar-refractivity contribution is -0.144. The van der Waals surface area contributed by atoms with Crippen molar-refractivity contribution in [1.29, 1.82) is 0 Å². The first-order valence-corrected chi connectivity index (χ1v) is 22.8. The van der Waals surface area contributed by atoms with Gasteiger partial charge in [0.15, 0.2) is 0 Å². The van der Waals surface area contributed by atoms with Crippen molar-refractivity contribution in [3.05, 3.63) is 22.8 Å². The summed E-state index contributed by atoms with van der Waals surface area (Å²) < 4.78 is 29.8. The number of cyclic esters (lactones) is 1. The minimum atomic E-state index is -2.43. The third kappa shape index (κ3) is 10.6. The van der Waals surface area contributed by atoms with Gasteiger partial charge in [0, 0.05) is 28.7 Å². The number of carbonyl (C=O) groups is 4. The molecule has 0 aliphatic carbocycles. The zero-order chi connectivity index (χ0) is 36.3. The van der Waals surface area contributed by atoms with Crippen LogP contribution in [0.5, 0.6) is 11.5 Å². The molecule has 14 heteroatoms. The lowest BCUT2D eigenvalue weighted by Gasteiger charge is -2.39. The zero-order valence-electron chi connectivity index (χ0n) is 30.9. The van der Waals surface area contributed by atoms with Crippen LogP contribution in [0.2, 0.25) is 36.3 Å². The van der Waals surface area contributed by atoms with E-state index in [1.807, 2.05) is 13.0 Å². The van der Waals surface area contributed by atoms with E-state index in [2.05, 4.69) is 78.4 Å². The van der Waals surface area contributed by atoms with Crippen molar-refractivity contribution in [2.75, 3.05) is 19.5 Å². The van der Waals surface area contributed by atoms with Gasteiger partial charge in [0.05, 0.1) is 12.7 Å². The Morgan fingerprint density at radius 2 is 1.47 bits per heavy atom.